The monoisotopic (exact) mass is 220 g/mol. The van der Waals surface area contributed by atoms with Gasteiger partial charge in [-0.15, -0.1) is 0 Å². The summed E-state index contributed by atoms with van der Waals surface area (Å²) in [7, 11) is 2.01. The van der Waals surface area contributed by atoms with Crippen LogP contribution in [-0.2, 0) is 0 Å². The normalized spacial score (nSPS) is 25.4. The van der Waals surface area contributed by atoms with Crippen molar-refractivity contribution in [2.45, 2.75) is 44.8 Å². The Balaban J connectivity index is 2.02. The predicted molar refractivity (Wildman–Crippen MR) is 64.7 cm³/mol. The maximum absolute atomic E-state index is 5.97. The third kappa shape index (κ3) is 2.73. The van der Waals surface area contributed by atoms with E-state index in [1.165, 1.54) is 19.3 Å². The van der Waals surface area contributed by atoms with Crippen LogP contribution >= 0.6 is 0 Å². The number of nitrogens with one attached hydrogen (secondary N) is 1. The minimum absolute atomic E-state index is 0.271. The number of aromatic nitrogens is 1. The van der Waals surface area contributed by atoms with E-state index in [0.29, 0.717) is 6.04 Å². The van der Waals surface area contributed by atoms with E-state index in [2.05, 4.69) is 10.3 Å². The number of hydrogen-bond acceptors (Lipinski definition) is 3. The third-order valence-corrected chi connectivity index (χ3v) is 3.21. The second kappa shape index (κ2) is 5.30. The zero-order valence-corrected chi connectivity index (χ0v) is 10.1. The van der Waals surface area contributed by atoms with Crippen molar-refractivity contribution in [3.05, 3.63) is 23.9 Å². The van der Waals surface area contributed by atoms with Crippen LogP contribution in [0, 0.1) is 6.92 Å². The maximum Gasteiger partial charge on any atom is 0.213 e. The first-order valence-electron chi connectivity index (χ1n) is 6.07. The van der Waals surface area contributed by atoms with Gasteiger partial charge in [-0.05, 0) is 39.3 Å². The molecule has 0 radical (unpaired) electrons. The summed E-state index contributed by atoms with van der Waals surface area (Å²) in [4.78, 5) is 4.39. The number of hydrogen-bond donors (Lipinski definition) is 1. The Morgan fingerprint density at radius 2 is 2.12 bits per heavy atom. The highest BCUT2D eigenvalue weighted by Crippen LogP contribution is 2.22. The summed E-state index contributed by atoms with van der Waals surface area (Å²) < 4.78 is 5.97. The first-order valence-corrected chi connectivity index (χ1v) is 6.07. The zero-order chi connectivity index (χ0) is 11.4. The van der Waals surface area contributed by atoms with Gasteiger partial charge in [0.05, 0.1) is 0 Å². The van der Waals surface area contributed by atoms with E-state index >= 15 is 0 Å². The average Bonchev–Trinajstić information content (AvgIpc) is 2.30. The van der Waals surface area contributed by atoms with E-state index in [1.54, 1.807) is 0 Å². The Labute approximate surface area is 97.2 Å². The number of aryl methyl sites for hydroxylation is 1. The number of likely N-dealkylation sites (N-methyl/N-ethyl adjacent to an activating group) is 1. The molecule has 0 aliphatic heterocycles. The Morgan fingerprint density at radius 3 is 2.88 bits per heavy atom. The number of pyridine rings is 1. The first-order chi connectivity index (χ1) is 7.79. The molecule has 0 spiro atoms. The van der Waals surface area contributed by atoms with Crippen LogP contribution in [0.3, 0.4) is 0 Å². The lowest BCUT2D eigenvalue weighted by Gasteiger charge is -2.31. The van der Waals surface area contributed by atoms with E-state index in [-0.39, 0.29) is 6.10 Å². The van der Waals surface area contributed by atoms with Crippen molar-refractivity contribution < 1.29 is 4.74 Å². The van der Waals surface area contributed by atoms with Crippen LogP contribution < -0.4 is 10.1 Å². The van der Waals surface area contributed by atoms with Crippen LogP contribution in [0.5, 0.6) is 5.88 Å². The number of nitrogens with zero attached hydrogens (tertiary/aromatic N) is 1. The van der Waals surface area contributed by atoms with Gasteiger partial charge in [0.25, 0.3) is 0 Å². The molecule has 2 unspecified atom stereocenters. The van der Waals surface area contributed by atoms with Gasteiger partial charge in [-0.3, -0.25) is 0 Å². The molecule has 1 aromatic heterocycles. The fraction of sp³-hybridized carbons (Fsp3) is 0.615. The molecule has 1 aliphatic carbocycles. The molecule has 2 atom stereocenters. The molecule has 1 aliphatic rings. The van der Waals surface area contributed by atoms with E-state index < -0.39 is 0 Å². The van der Waals surface area contributed by atoms with Gasteiger partial charge < -0.3 is 10.1 Å². The molecule has 1 saturated carbocycles. The lowest BCUT2D eigenvalue weighted by atomic mass is 9.92. The lowest BCUT2D eigenvalue weighted by Crippen LogP contribution is -2.43. The Hall–Kier alpha value is -1.09. The average molecular weight is 220 g/mol. The molecule has 1 fully saturated rings. The summed E-state index contributed by atoms with van der Waals surface area (Å²) in [5, 5.41) is 3.34. The Kier molecular flexibility index (Phi) is 3.78. The van der Waals surface area contributed by atoms with Crippen molar-refractivity contribution in [2.24, 2.45) is 0 Å². The van der Waals surface area contributed by atoms with Crippen LogP contribution in [0.1, 0.15) is 31.4 Å². The summed E-state index contributed by atoms with van der Waals surface area (Å²) in [5.74, 6) is 0.757. The molecular weight excluding hydrogens is 200 g/mol. The highest BCUT2D eigenvalue weighted by Gasteiger charge is 2.25. The SMILES string of the molecule is CNC1CCCCC1Oc1cccc(C)n1. The highest BCUT2D eigenvalue weighted by molar-refractivity contribution is 5.15. The van der Waals surface area contributed by atoms with Gasteiger partial charge in [-0.2, -0.15) is 0 Å². The molecule has 1 aromatic rings. The van der Waals surface area contributed by atoms with Crippen LogP contribution in [0.2, 0.25) is 0 Å². The fourth-order valence-electron chi connectivity index (χ4n) is 2.31. The Morgan fingerprint density at radius 1 is 1.31 bits per heavy atom. The van der Waals surface area contributed by atoms with Crippen LogP contribution in [0.25, 0.3) is 0 Å². The summed E-state index contributed by atoms with van der Waals surface area (Å²) in [6, 6.07) is 6.39. The predicted octanol–water partition coefficient (Wildman–Crippen LogP) is 2.30. The topological polar surface area (TPSA) is 34.1 Å². The second-order valence-corrected chi connectivity index (χ2v) is 4.45. The minimum atomic E-state index is 0.271. The molecular formula is C13H20N2O. The van der Waals surface area contributed by atoms with Crippen molar-refractivity contribution in [2.75, 3.05) is 7.05 Å². The standard InChI is InChI=1S/C13H20N2O/c1-10-6-5-9-13(15-10)16-12-8-4-3-7-11(12)14-2/h5-6,9,11-12,14H,3-4,7-8H2,1-2H3. The van der Waals surface area contributed by atoms with Gasteiger partial charge in [-0.25, -0.2) is 4.98 Å². The second-order valence-electron chi connectivity index (χ2n) is 4.45. The minimum Gasteiger partial charge on any atom is -0.473 e. The van der Waals surface area contributed by atoms with Gasteiger partial charge >= 0.3 is 0 Å². The molecule has 1 N–H and O–H groups in total. The summed E-state index contributed by atoms with van der Waals surface area (Å²) in [6.07, 6.45) is 5.16. The van der Waals surface area contributed by atoms with Gasteiger partial charge in [0.2, 0.25) is 5.88 Å². The van der Waals surface area contributed by atoms with Crippen LogP contribution in [0.15, 0.2) is 18.2 Å². The molecule has 0 bridgehead atoms. The van der Waals surface area contributed by atoms with Crippen molar-refractivity contribution in [3.63, 3.8) is 0 Å². The highest BCUT2D eigenvalue weighted by atomic mass is 16.5. The number of ether oxygens (including phenoxy) is 1. The quantitative estimate of drug-likeness (QED) is 0.848. The smallest absolute Gasteiger partial charge is 0.213 e. The Bertz CT molecular complexity index is 340. The van der Waals surface area contributed by atoms with Gasteiger partial charge in [0.1, 0.15) is 6.10 Å². The van der Waals surface area contributed by atoms with E-state index in [9.17, 15) is 0 Å². The van der Waals surface area contributed by atoms with Gasteiger partial charge in [-0.1, -0.05) is 12.5 Å². The lowest BCUT2D eigenvalue weighted by molar-refractivity contribution is 0.113. The molecule has 2 rings (SSSR count). The fourth-order valence-corrected chi connectivity index (χ4v) is 2.31. The summed E-state index contributed by atoms with van der Waals surface area (Å²) in [6.45, 7) is 1.99. The largest absolute Gasteiger partial charge is 0.473 e. The van der Waals surface area contributed by atoms with Crippen molar-refractivity contribution in [1.29, 1.82) is 0 Å². The summed E-state index contributed by atoms with van der Waals surface area (Å²) in [5.41, 5.74) is 1.01. The van der Waals surface area contributed by atoms with E-state index in [0.717, 1.165) is 18.0 Å². The van der Waals surface area contributed by atoms with Crippen LogP contribution in [-0.4, -0.2) is 24.2 Å². The molecule has 3 heteroatoms. The van der Waals surface area contributed by atoms with E-state index in [1.807, 2.05) is 32.2 Å². The number of rotatable bonds is 3. The molecule has 0 aromatic carbocycles. The molecule has 3 nitrogen and oxygen atoms in total. The van der Waals surface area contributed by atoms with Gasteiger partial charge in [0.15, 0.2) is 0 Å². The maximum atomic E-state index is 5.97. The van der Waals surface area contributed by atoms with Gasteiger partial charge in [0, 0.05) is 17.8 Å². The zero-order valence-electron chi connectivity index (χ0n) is 10.1. The summed E-state index contributed by atoms with van der Waals surface area (Å²) >= 11 is 0. The first kappa shape index (κ1) is 11.4. The van der Waals surface area contributed by atoms with Crippen LogP contribution in [0.4, 0.5) is 0 Å². The molecule has 0 saturated heterocycles. The molecule has 16 heavy (non-hydrogen) atoms. The van der Waals surface area contributed by atoms with E-state index in [4.69, 9.17) is 4.74 Å². The molecule has 1 heterocycles. The van der Waals surface area contributed by atoms with Crippen molar-refractivity contribution >= 4 is 0 Å². The van der Waals surface area contributed by atoms with Crippen molar-refractivity contribution in [1.82, 2.24) is 10.3 Å². The molecule has 88 valence electrons. The van der Waals surface area contributed by atoms with Crippen molar-refractivity contribution in [3.8, 4) is 5.88 Å². The third-order valence-electron chi connectivity index (χ3n) is 3.21. The molecule has 0 amide bonds.